The molecule has 1 saturated heterocycles. The molecule has 1 aromatic carbocycles. The third-order valence-electron chi connectivity index (χ3n) is 3.98. The fraction of sp³-hybridized carbons (Fsp3) is 0.294. The lowest BCUT2D eigenvalue weighted by Gasteiger charge is -2.28. The standard InChI is InChI=1S/C17H18N4O/c1-2-5-14(6-3-1)13-21-15-7-4-8-18-16(15)19-17(21)20-9-11-22-12-10-20/h1-8H,9-13H2. The van der Waals surface area contributed by atoms with Gasteiger partial charge in [0.25, 0.3) is 0 Å². The number of ether oxygens (including phenoxy) is 1. The molecule has 0 saturated carbocycles. The molecule has 0 amide bonds. The number of nitrogens with zero attached hydrogens (tertiary/aromatic N) is 4. The molecular weight excluding hydrogens is 276 g/mol. The van der Waals surface area contributed by atoms with E-state index in [0.29, 0.717) is 0 Å². The van der Waals surface area contributed by atoms with Crippen molar-refractivity contribution in [3.8, 4) is 0 Å². The van der Waals surface area contributed by atoms with E-state index in [-0.39, 0.29) is 0 Å². The SMILES string of the molecule is c1ccc(Cn2c(N3CCOCC3)nc3ncccc32)cc1. The van der Waals surface area contributed by atoms with E-state index < -0.39 is 0 Å². The molecule has 5 heteroatoms. The van der Waals surface area contributed by atoms with Crippen molar-refractivity contribution in [1.82, 2.24) is 14.5 Å². The number of anilines is 1. The number of benzene rings is 1. The van der Waals surface area contributed by atoms with Crippen LogP contribution in [0.25, 0.3) is 11.2 Å². The van der Waals surface area contributed by atoms with E-state index in [1.54, 1.807) is 6.20 Å². The Bertz CT molecular complexity index is 763. The van der Waals surface area contributed by atoms with Crippen molar-refractivity contribution in [2.75, 3.05) is 31.2 Å². The molecule has 3 aromatic rings. The molecule has 0 bridgehead atoms. The van der Waals surface area contributed by atoms with Crippen molar-refractivity contribution >= 4 is 17.1 Å². The molecule has 112 valence electrons. The smallest absolute Gasteiger partial charge is 0.208 e. The van der Waals surface area contributed by atoms with E-state index in [1.165, 1.54) is 5.56 Å². The van der Waals surface area contributed by atoms with Gasteiger partial charge in [0.15, 0.2) is 5.65 Å². The number of pyridine rings is 1. The maximum Gasteiger partial charge on any atom is 0.208 e. The Morgan fingerprint density at radius 3 is 2.64 bits per heavy atom. The summed E-state index contributed by atoms with van der Waals surface area (Å²) in [5.41, 5.74) is 3.15. The summed E-state index contributed by atoms with van der Waals surface area (Å²) < 4.78 is 7.71. The average Bonchev–Trinajstić information content (AvgIpc) is 2.95. The van der Waals surface area contributed by atoms with Crippen LogP contribution in [0.15, 0.2) is 48.7 Å². The van der Waals surface area contributed by atoms with Crippen molar-refractivity contribution in [3.05, 3.63) is 54.2 Å². The van der Waals surface area contributed by atoms with Gasteiger partial charge in [-0.25, -0.2) is 4.98 Å². The average molecular weight is 294 g/mol. The summed E-state index contributed by atoms with van der Waals surface area (Å²) in [4.78, 5) is 11.4. The first-order chi connectivity index (χ1) is 10.9. The molecule has 1 aliphatic rings. The zero-order valence-corrected chi connectivity index (χ0v) is 12.4. The molecule has 0 N–H and O–H groups in total. The highest BCUT2D eigenvalue weighted by Gasteiger charge is 2.19. The fourth-order valence-electron chi connectivity index (χ4n) is 2.87. The lowest BCUT2D eigenvalue weighted by molar-refractivity contribution is 0.121. The summed E-state index contributed by atoms with van der Waals surface area (Å²) >= 11 is 0. The van der Waals surface area contributed by atoms with Crippen molar-refractivity contribution in [3.63, 3.8) is 0 Å². The monoisotopic (exact) mass is 294 g/mol. The van der Waals surface area contributed by atoms with Gasteiger partial charge in [-0.15, -0.1) is 0 Å². The Labute approximate surface area is 129 Å². The Balaban J connectivity index is 1.79. The Kier molecular flexibility index (Phi) is 3.48. The minimum Gasteiger partial charge on any atom is -0.378 e. The first-order valence-electron chi connectivity index (χ1n) is 7.60. The quantitative estimate of drug-likeness (QED) is 0.743. The molecule has 1 aliphatic heterocycles. The molecule has 22 heavy (non-hydrogen) atoms. The lowest BCUT2D eigenvalue weighted by Crippen LogP contribution is -2.38. The van der Waals surface area contributed by atoms with Crippen molar-refractivity contribution in [2.45, 2.75) is 6.54 Å². The number of morpholine rings is 1. The van der Waals surface area contributed by atoms with Gasteiger partial charge in [-0.05, 0) is 17.7 Å². The highest BCUT2D eigenvalue weighted by Crippen LogP contribution is 2.23. The van der Waals surface area contributed by atoms with Crippen LogP contribution in [0.3, 0.4) is 0 Å². The Hall–Kier alpha value is -2.40. The van der Waals surface area contributed by atoms with Gasteiger partial charge in [0.1, 0.15) is 0 Å². The third-order valence-corrected chi connectivity index (χ3v) is 3.98. The molecule has 3 heterocycles. The number of fused-ring (bicyclic) bond motifs is 1. The van der Waals surface area contributed by atoms with Crippen LogP contribution < -0.4 is 4.90 Å². The number of hydrogen-bond acceptors (Lipinski definition) is 4. The van der Waals surface area contributed by atoms with E-state index in [2.05, 4.69) is 44.8 Å². The van der Waals surface area contributed by atoms with Gasteiger partial charge in [0.05, 0.1) is 25.3 Å². The minimum absolute atomic E-state index is 0.752. The van der Waals surface area contributed by atoms with Crippen LogP contribution in [-0.4, -0.2) is 40.8 Å². The second-order valence-corrected chi connectivity index (χ2v) is 5.43. The molecule has 2 aromatic heterocycles. The molecule has 0 radical (unpaired) electrons. The summed E-state index contributed by atoms with van der Waals surface area (Å²) in [6.07, 6.45) is 1.80. The zero-order chi connectivity index (χ0) is 14.8. The van der Waals surface area contributed by atoms with Gasteiger partial charge in [-0.1, -0.05) is 30.3 Å². The predicted molar refractivity (Wildman–Crippen MR) is 86.1 cm³/mol. The Morgan fingerprint density at radius 1 is 1.00 bits per heavy atom. The number of rotatable bonds is 3. The van der Waals surface area contributed by atoms with E-state index in [0.717, 1.165) is 50.0 Å². The van der Waals surface area contributed by atoms with Gasteiger partial charge >= 0.3 is 0 Å². The number of hydrogen-bond donors (Lipinski definition) is 0. The van der Waals surface area contributed by atoms with Crippen molar-refractivity contribution < 1.29 is 4.74 Å². The predicted octanol–water partition coefficient (Wildman–Crippen LogP) is 2.32. The van der Waals surface area contributed by atoms with Crippen LogP contribution in [0.5, 0.6) is 0 Å². The minimum atomic E-state index is 0.752. The first-order valence-corrected chi connectivity index (χ1v) is 7.60. The van der Waals surface area contributed by atoms with Crippen LogP contribution in [-0.2, 0) is 11.3 Å². The lowest BCUT2D eigenvalue weighted by atomic mass is 10.2. The van der Waals surface area contributed by atoms with Crippen LogP contribution in [0.4, 0.5) is 5.95 Å². The third kappa shape index (κ3) is 2.44. The summed E-state index contributed by atoms with van der Waals surface area (Å²) in [5, 5.41) is 0. The topological polar surface area (TPSA) is 43.2 Å². The van der Waals surface area contributed by atoms with E-state index in [9.17, 15) is 0 Å². The summed E-state index contributed by atoms with van der Waals surface area (Å²) in [6.45, 7) is 4.05. The largest absolute Gasteiger partial charge is 0.378 e. The molecule has 0 atom stereocenters. The molecule has 5 nitrogen and oxygen atoms in total. The number of aromatic nitrogens is 3. The molecule has 0 unspecified atom stereocenters. The summed E-state index contributed by atoms with van der Waals surface area (Å²) in [7, 11) is 0. The van der Waals surface area contributed by atoms with Crippen molar-refractivity contribution in [1.29, 1.82) is 0 Å². The highest BCUT2D eigenvalue weighted by atomic mass is 16.5. The van der Waals surface area contributed by atoms with Gasteiger partial charge in [0.2, 0.25) is 5.95 Å². The van der Waals surface area contributed by atoms with Gasteiger partial charge in [-0.2, -0.15) is 4.98 Å². The first kappa shape index (κ1) is 13.3. The van der Waals surface area contributed by atoms with Gasteiger partial charge in [0, 0.05) is 19.3 Å². The highest BCUT2D eigenvalue weighted by molar-refractivity contribution is 5.75. The van der Waals surface area contributed by atoms with E-state index in [4.69, 9.17) is 9.72 Å². The summed E-state index contributed by atoms with van der Waals surface area (Å²) in [5.74, 6) is 0.987. The van der Waals surface area contributed by atoms with Crippen LogP contribution in [0, 0.1) is 0 Å². The normalized spacial score (nSPS) is 15.4. The molecular formula is C17H18N4O. The molecule has 4 rings (SSSR count). The van der Waals surface area contributed by atoms with Gasteiger partial charge < -0.3 is 14.2 Å². The maximum atomic E-state index is 5.46. The van der Waals surface area contributed by atoms with Crippen LogP contribution >= 0.6 is 0 Å². The maximum absolute atomic E-state index is 5.46. The fourth-order valence-corrected chi connectivity index (χ4v) is 2.87. The second kappa shape index (κ2) is 5.77. The molecule has 0 spiro atoms. The molecule has 0 aliphatic carbocycles. The van der Waals surface area contributed by atoms with Crippen LogP contribution in [0.2, 0.25) is 0 Å². The van der Waals surface area contributed by atoms with Crippen LogP contribution in [0.1, 0.15) is 5.56 Å². The van der Waals surface area contributed by atoms with E-state index >= 15 is 0 Å². The Morgan fingerprint density at radius 2 is 1.82 bits per heavy atom. The zero-order valence-electron chi connectivity index (χ0n) is 12.4. The van der Waals surface area contributed by atoms with Crippen molar-refractivity contribution in [2.24, 2.45) is 0 Å². The summed E-state index contributed by atoms with van der Waals surface area (Å²) in [6, 6.07) is 14.5. The molecule has 1 fully saturated rings. The second-order valence-electron chi connectivity index (χ2n) is 5.43. The van der Waals surface area contributed by atoms with Gasteiger partial charge in [-0.3, -0.25) is 0 Å². The van der Waals surface area contributed by atoms with E-state index in [1.807, 2.05) is 12.1 Å². The number of imidazole rings is 1.